The van der Waals surface area contributed by atoms with E-state index in [0.29, 0.717) is 0 Å². The monoisotopic (exact) mass is 214 g/mol. The molecule has 1 aromatic carbocycles. The number of carbonyl (C=O) groups is 1. The molecule has 0 fully saturated rings. The Morgan fingerprint density at radius 2 is 2.00 bits per heavy atom. The molecule has 0 saturated heterocycles. The number of carboxylic acid groups (broad SMARTS) is 1. The van der Waals surface area contributed by atoms with Gasteiger partial charge in [0.1, 0.15) is 0 Å². The third-order valence-electron chi connectivity index (χ3n) is 2.06. The van der Waals surface area contributed by atoms with Crippen LogP contribution in [-0.4, -0.2) is 16.1 Å². The van der Waals surface area contributed by atoms with E-state index < -0.39 is 5.97 Å². The number of rotatable bonds is 3. The molecule has 4 heteroatoms. The molecule has 0 aliphatic heterocycles. The fourth-order valence-electron chi connectivity index (χ4n) is 1.33. The van der Waals surface area contributed by atoms with E-state index in [2.05, 4.69) is 10.3 Å². The zero-order valence-electron chi connectivity index (χ0n) is 8.42. The van der Waals surface area contributed by atoms with Crippen molar-refractivity contribution in [3.8, 4) is 0 Å². The second kappa shape index (κ2) is 4.44. The smallest absolute Gasteiger partial charge is 0.335 e. The van der Waals surface area contributed by atoms with Gasteiger partial charge < -0.3 is 10.4 Å². The van der Waals surface area contributed by atoms with Gasteiger partial charge in [-0.05, 0) is 30.3 Å². The fraction of sp³-hybridized carbons (Fsp3) is 0. The first kappa shape index (κ1) is 10.2. The lowest BCUT2D eigenvalue weighted by atomic mass is 10.2. The van der Waals surface area contributed by atoms with E-state index in [-0.39, 0.29) is 5.56 Å². The molecule has 0 bridgehead atoms. The maximum atomic E-state index is 10.8. The average Bonchev–Trinajstić information content (AvgIpc) is 2.30. The average molecular weight is 214 g/mol. The third kappa shape index (κ3) is 2.36. The minimum atomic E-state index is -0.935. The van der Waals surface area contributed by atoms with Crippen LogP contribution in [0.2, 0.25) is 0 Å². The van der Waals surface area contributed by atoms with E-state index >= 15 is 0 Å². The van der Waals surface area contributed by atoms with Crippen LogP contribution in [0.25, 0.3) is 0 Å². The molecule has 1 heterocycles. The number of benzene rings is 1. The van der Waals surface area contributed by atoms with Gasteiger partial charge in [0, 0.05) is 11.9 Å². The molecule has 0 aliphatic carbocycles. The Bertz CT molecular complexity index is 497. The van der Waals surface area contributed by atoms with Crippen molar-refractivity contribution in [3.05, 3.63) is 54.4 Å². The quantitative estimate of drug-likeness (QED) is 0.824. The van der Waals surface area contributed by atoms with E-state index in [0.717, 1.165) is 11.4 Å². The zero-order chi connectivity index (χ0) is 11.4. The largest absolute Gasteiger partial charge is 0.478 e. The van der Waals surface area contributed by atoms with Crippen LogP contribution in [-0.2, 0) is 0 Å². The second-order valence-corrected chi connectivity index (χ2v) is 3.25. The van der Waals surface area contributed by atoms with Crippen molar-refractivity contribution in [1.29, 1.82) is 0 Å². The Kier molecular flexibility index (Phi) is 2.82. The van der Waals surface area contributed by atoms with Crippen molar-refractivity contribution in [3.63, 3.8) is 0 Å². The number of carboxylic acids is 1. The Balaban J connectivity index is 2.22. The molecule has 0 saturated carbocycles. The van der Waals surface area contributed by atoms with Gasteiger partial charge in [0.25, 0.3) is 0 Å². The summed E-state index contributed by atoms with van der Waals surface area (Å²) in [5.41, 5.74) is 1.81. The standard InChI is InChI=1S/C12H10N2O2/c15-12(16)9-3-1-4-10(7-9)14-11-5-2-6-13-8-11/h1-8,14H,(H,15,16). The normalized spacial score (nSPS) is 9.75. The number of pyridine rings is 1. The molecule has 0 amide bonds. The molecule has 2 aromatic rings. The number of nitrogens with one attached hydrogen (secondary N) is 1. The van der Waals surface area contributed by atoms with Gasteiger partial charge in [-0.3, -0.25) is 4.98 Å². The van der Waals surface area contributed by atoms with E-state index in [1.54, 1.807) is 36.7 Å². The topological polar surface area (TPSA) is 62.2 Å². The molecule has 2 rings (SSSR count). The SMILES string of the molecule is O=C(O)c1cccc(Nc2cccnc2)c1. The van der Waals surface area contributed by atoms with Gasteiger partial charge in [-0.15, -0.1) is 0 Å². The minimum absolute atomic E-state index is 0.258. The number of aromatic nitrogens is 1. The van der Waals surface area contributed by atoms with Gasteiger partial charge in [-0.25, -0.2) is 4.79 Å². The maximum Gasteiger partial charge on any atom is 0.335 e. The Labute approximate surface area is 92.6 Å². The summed E-state index contributed by atoms with van der Waals surface area (Å²) >= 11 is 0. The molecule has 0 radical (unpaired) electrons. The Morgan fingerprint density at radius 3 is 2.69 bits per heavy atom. The summed E-state index contributed by atoms with van der Waals surface area (Å²) in [6.45, 7) is 0. The van der Waals surface area contributed by atoms with E-state index in [4.69, 9.17) is 5.11 Å². The van der Waals surface area contributed by atoms with Crippen LogP contribution in [0.5, 0.6) is 0 Å². The van der Waals surface area contributed by atoms with Crippen molar-refractivity contribution >= 4 is 17.3 Å². The molecular weight excluding hydrogens is 204 g/mol. The van der Waals surface area contributed by atoms with Crippen molar-refractivity contribution in [2.45, 2.75) is 0 Å². The van der Waals surface area contributed by atoms with Crippen LogP contribution < -0.4 is 5.32 Å². The molecule has 16 heavy (non-hydrogen) atoms. The molecule has 1 aromatic heterocycles. The zero-order valence-corrected chi connectivity index (χ0v) is 8.42. The van der Waals surface area contributed by atoms with Gasteiger partial charge in [-0.2, -0.15) is 0 Å². The van der Waals surface area contributed by atoms with Gasteiger partial charge >= 0.3 is 5.97 Å². The first-order valence-corrected chi connectivity index (χ1v) is 4.76. The minimum Gasteiger partial charge on any atom is -0.478 e. The first-order valence-electron chi connectivity index (χ1n) is 4.76. The highest BCUT2D eigenvalue weighted by Gasteiger charge is 2.02. The summed E-state index contributed by atoms with van der Waals surface area (Å²) in [4.78, 5) is 14.7. The van der Waals surface area contributed by atoms with Gasteiger partial charge in [0.05, 0.1) is 17.4 Å². The molecule has 0 unspecified atom stereocenters. The Hall–Kier alpha value is -2.36. The number of hydrogen-bond donors (Lipinski definition) is 2. The maximum absolute atomic E-state index is 10.8. The van der Waals surface area contributed by atoms with E-state index in [9.17, 15) is 4.79 Å². The van der Waals surface area contributed by atoms with Crippen molar-refractivity contribution in [1.82, 2.24) is 4.98 Å². The van der Waals surface area contributed by atoms with Crippen LogP contribution in [0.3, 0.4) is 0 Å². The summed E-state index contributed by atoms with van der Waals surface area (Å²) in [6.07, 6.45) is 3.35. The number of aromatic carboxylic acids is 1. The third-order valence-corrected chi connectivity index (χ3v) is 2.06. The van der Waals surface area contributed by atoms with Crippen LogP contribution in [0.1, 0.15) is 10.4 Å². The van der Waals surface area contributed by atoms with Crippen molar-refractivity contribution in [2.75, 3.05) is 5.32 Å². The van der Waals surface area contributed by atoms with Crippen LogP contribution in [0, 0.1) is 0 Å². The summed E-state index contributed by atoms with van der Waals surface area (Å²) in [7, 11) is 0. The molecule has 0 aliphatic rings. The number of hydrogen-bond acceptors (Lipinski definition) is 3. The summed E-state index contributed by atoms with van der Waals surface area (Å²) in [5, 5.41) is 11.9. The lowest BCUT2D eigenvalue weighted by Gasteiger charge is -2.05. The van der Waals surface area contributed by atoms with Crippen molar-refractivity contribution < 1.29 is 9.90 Å². The van der Waals surface area contributed by atoms with E-state index in [1.165, 1.54) is 0 Å². The van der Waals surface area contributed by atoms with Gasteiger partial charge in [-0.1, -0.05) is 6.07 Å². The van der Waals surface area contributed by atoms with Crippen LogP contribution >= 0.6 is 0 Å². The lowest BCUT2D eigenvalue weighted by molar-refractivity contribution is 0.0697. The fourth-order valence-corrected chi connectivity index (χ4v) is 1.33. The van der Waals surface area contributed by atoms with Crippen LogP contribution in [0.4, 0.5) is 11.4 Å². The molecular formula is C12H10N2O2. The molecule has 80 valence electrons. The lowest BCUT2D eigenvalue weighted by Crippen LogP contribution is -1.97. The second-order valence-electron chi connectivity index (χ2n) is 3.25. The summed E-state index contributed by atoms with van der Waals surface area (Å²) in [6, 6.07) is 10.3. The summed E-state index contributed by atoms with van der Waals surface area (Å²) < 4.78 is 0. The molecule has 2 N–H and O–H groups in total. The van der Waals surface area contributed by atoms with Crippen LogP contribution in [0.15, 0.2) is 48.8 Å². The van der Waals surface area contributed by atoms with Crippen molar-refractivity contribution in [2.24, 2.45) is 0 Å². The van der Waals surface area contributed by atoms with Gasteiger partial charge in [0.2, 0.25) is 0 Å². The van der Waals surface area contributed by atoms with Gasteiger partial charge in [0.15, 0.2) is 0 Å². The highest BCUT2D eigenvalue weighted by atomic mass is 16.4. The number of anilines is 2. The predicted molar refractivity (Wildman–Crippen MR) is 60.9 cm³/mol. The number of nitrogens with zero attached hydrogens (tertiary/aromatic N) is 1. The molecule has 0 atom stereocenters. The molecule has 0 spiro atoms. The highest BCUT2D eigenvalue weighted by Crippen LogP contribution is 2.16. The Morgan fingerprint density at radius 1 is 1.19 bits per heavy atom. The predicted octanol–water partition coefficient (Wildman–Crippen LogP) is 2.52. The first-order chi connectivity index (χ1) is 7.75. The summed E-state index contributed by atoms with van der Waals surface area (Å²) in [5.74, 6) is -0.935. The highest BCUT2D eigenvalue weighted by molar-refractivity contribution is 5.89. The van der Waals surface area contributed by atoms with E-state index in [1.807, 2.05) is 12.1 Å². The molecule has 4 nitrogen and oxygen atoms in total.